The molecule has 1 aromatic heterocycles. The Bertz CT molecular complexity index is 976. The molecule has 1 unspecified atom stereocenters. The zero-order chi connectivity index (χ0) is 19.5. The lowest BCUT2D eigenvalue weighted by atomic mass is 9.88. The number of aromatic nitrogens is 1. The van der Waals surface area contributed by atoms with E-state index in [1.807, 2.05) is 13.1 Å². The molecule has 146 valence electrons. The fourth-order valence-corrected chi connectivity index (χ4v) is 4.33. The van der Waals surface area contributed by atoms with Crippen molar-refractivity contribution in [2.75, 3.05) is 20.3 Å². The number of hydrogen-bond donors (Lipinski definition) is 1. The van der Waals surface area contributed by atoms with Crippen LogP contribution in [0.4, 0.5) is 0 Å². The molecule has 0 spiro atoms. The second kappa shape index (κ2) is 8.01. The van der Waals surface area contributed by atoms with Gasteiger partial charge in [-0.2, -0.15) is 0 Å². The van der Waals surface area contributed by atoms with Gasteiger partial charge in [0.1, 0.15) is 0 Å². The van der Waals surface area contributed by atoms with Crippen LogP contribution in [0, 0.1) is 0 Å². The van der Waals surface area contributed by atoms with E-state index in [2.05, 4.69) is 59.1 Å². The molecular weight excluding hydrogens is 348 g/mol. The minimum Gasteiger partial charge on any atom is -0.493 e. The minimum absolute atomic E-state index is 0.292. The maximum Gasteiger partial charge on any atom is 0.161 e. The molecule has 28 heavy (non-hydrogen) atoms. The molecule has 0 saturated heterocycles. The number of hydrogen-bond acceptors (Lipinski definition) is 3. The van der Waals surface area contributed by atoms with Crippen molar-refractivity contribution in [2.24, 2.45) is 0 Å². The van der Waals surface area contributed by atoms with Gasteiger partial charge in [-0.05, 0) is 67.3 Å². The molecule has 0 saturated carbocycles. The number of aromatic amines is 1. The summed E-state index contributed by atoms with van der Waals surface area (Å²) in [7, 11) is 1.71. The van der Waals surface area contributed by atoms with Gasteiger partial charge in [-0.3, -0.25) is 0 Å². The Hall–Kier alpha value is -2.88. The highest BCUT2D eigenvalue weighted by molar-refractivity contribution is 5.83. The van der Waals surface area contributed by atoms with Crippen molar-refractivity contribution in [1.29, 1.82) is 0 Å². The van der Waals surface area contributed by atoms with Crippen LogP contribution >= 0.6 is 0 Å². The number of aryl methyl sites for hydroxylation is 1. The maximum atomic E-state index is 5.84. The molecule has 2 heterocycles. The lowest BCUT2D eigenvalue weighted by Gasteiger charge is -2.37. The number of nitrogens with one attached hydrogen (secondary N) is 1. The van der Waals surface area contributed by atoms with Crippen LogP contribution in [0.15, 0.2) is 55.4 Å². The van der Waals surface area contributed by atoms with Gasteiger partial charge in [0.15, 0.2) is 11.5 Å². The summed E-state index contributed by atoms with van der Waals surface area (Å²) < 4.78 is 11.4. The number of rotatable bonds is 7. The summed E-state index contributed by atoms with van der Waals surface area (Å²) in [5.74, 6) is 1.65. The molecule has 0 radical (unpaired) electrons. The molecule has 4 heteroatoms. The van der Waals surface area contributed by atoms with Gasteiger partial charge in [-0.15, -0.1) is 0 Å². The molecular formula is C24H28N2O2. The summed E-state index contributed by atoms with van der Waals surface area (Å²) in [6, 6.07) is 13.1. The first-order valence-electron chi connectivity index (χ1n) is 10.0. The zero-order valence-electron chi connectivity index (χ0n) is 16.7. The van der Waals surface area contributed by atoms with Crippen LogP contribution in [-0.4, -0.2) is 30.1 Å². The third-order valence-electron chi connectivity index (χ3n) is 5.72. The van der Waals surface area contributed by atoms with Gasteiger partial charge in [-0.1, -0.05) is 24.8 Å². The molecule has 0 fully saturated rings. The van der Waals surface area contributed by atoms with Gasteiger partial charge in [-0.25, -0.2) is 0 Å². The Balaban J connectivity index is 1.65. The Morgan fingerprint density at radius 2 is 2.11 bits per heavy atom. The summed E-state index contributed by atoms with van der Waals surface area (Å²) in [5, 5.41) is 1.31. The predicted octanol–water partition coefficient (Wildman–Crippen LogP) is 5.25. The van der Waals surface area contributed by atoms with Crippen molar-refractivity contribution in [3.8, 4) is 11.5 Å². The van der Waals surface area contributed by atoms with Gasteiger partial charge in [0, 0.05) is 23.6 Å². The van der Waals surface area contributed by atoms with Crippen molar-refractivity contribution < 1.29 is 9.47 Å². The summed E-state index contributed by atoms with van der Waals surface area (Å²) in [5.41, 5.74) is 5.24. The summed E-state index contributed by atoms with van der Waals surface area (Å²) in [6.07, 6.45) is 7.15. The topological polar surface area (TPSA) is 37.5 Å². The van der Waals surface area contributed by atoms with E-state index >= 15 is 0 Å². The molecule has 1 atom stereocenters. The van der Waals surface area contributed by atoms with E-state index in [0.717, 1.165) is 37.3 Å². The molecule has 4 rings (SSSR count). The minimum atomic E-state index is 0.292. The van der Waals surface area contributed by atoms with Crippen molar-refractivity contribution in [3.63, 3.8) is 0 Å². The predicted molar refractivity (Wildman–Crippen MR) is 114 cm³/mol. The molecule has 0 bridgehead atoms. The van der Waals surface area contributed by atoms with Crippen molar-refractivity contribution in [2.45, 2.75) is 32.2 Å². The lowest BCUT2D eigenvalue weighted by Crippen LogP contribution is -2.31. The van der Waals surface area contributed by atoms with Crippen molar-refractivity contribution >= 4 is 10.9 Å². The molecule has 2 aromatic carbocycles. The Morgan fingerprint density at radius 1 is 1.25 bits per heavy atom. The largest absolute Gasteiger partial charge is 0.493 e. The van der Waals surface area contributed by atoms with Crippen molar-refractivity contribution in [3.05, 3.63) is 72.1 Å². The van der Waals surface area contributed by atoms with E-state index in [4.69, 9.17) is 9.47 Å². The average Bonchev–Trinajstić information content (AvgIpc) is 3.15. The lowest BCUT2D eigenvalue weighted by molar-refractivity contribution is 0.248. The first-order chi connectivity index (χ1) is 13.7. The van der Waals surface area contributed by atoms with E-state index < -0.39 is 0 Å². The monoisotopic (exact) mass is 376 g/mol. The first kappa shape index (κ1) is 18.5. The molecule has 0 amide bonds. The Morgan fingerprint density at radius 3 is 2.89 bits per heavy atom. The quantitative estimate of drug-likeness (QED) is 0.612. The molecule has 1 aliphatic heterocycles. The van der Waals surface area contributed by atoms with Gasteiger partial charge in [0.2, 0.25) is 0 Å². The number of H-pyrrole nitrogens is 1. The second-order valence-electron chi connectivity index (χ2n) is 7.22. The fraction of sp³-hybridized carbons (Fsp3) is 0.333. The third-order valence-corrected chi connectivity index (χ3v) is 5.72. The standard InChI is InChI=1S/C24H28N2O2/c1-4-26-13-12-17-14-23(27-3)24(28-5-2)15-20(17)22(26)11-10-18-16-25-21-9-7-6-8-19(18)21/h4,6-9,14-16,22,25H,1,5,10-13H2,2-3H3. The number of fused-ring (bicyclic) bond motifs is 2. The van der Waals surface area contributed by atoms with Gasteiger partial charge >= 0.3 is 0 Å². The number of para-hydroxylation sites is 1. The van der Waals surface area contributed by atoms with Crippen LogP contribution in [0.1, 0.15) is 36.1 Å². The fourth-order valence-electron chi connectivity index (χ4n) is 4.33. The average molecular weight is 377 g/mol. The Labute approximate surface area is 166 Å². The highest BCUT2D eigenvalue weighted by atomic mass is 16.5. The number of benzene rings is 2. The molecule has 1 N–H and O–H groups in total. The van der Waals surface area contributed by atoms with Crippen LogP contribution in [0.25, 0.3) is 10.9 Å². The van der Waals surface area contributed by atoms with Gasteiger partial charge < -0.3 is 19.4 Å². The number of nitrogens with zero attached hydrogens (tertiary/aromatic N) is 1. The maximum absolute atomic E-state index is 5.84. The highest BCUT2D eigenvalue weighted by Crippen LogP contribution is 2.40. The molecule has 0 aliphatic carbocycles. The van der Waals surface area contributed by atoms with Crippen LogP contribution in [-0.2, 0) is 12.8 Å². The SMILES string of the molecule is C=CN1CCc2cc(OC)c(OCC)cc2C1CCc1c[nH]c2ccccc12. The number of ether oxygens (including phenoxy) is 2. The van der Waals surface area contributed by atoms with Crippen LogP contribution in [0.3, 0.4) is 0 Å². The van der Waals surface area contributed by atoms with E-state index in [1.165, 1.54) is 27.6 Å². The van der Waals surface area contributed by atoms with Crippen LogP contribution in [0.2, 0.25) is 0 Å². The zero-order valence-corrected chi connectivity index (χ0v) is 16.7. The van der Waals surface area contributed by atoms with Gasteiger partial charge in [0.25, 0.3) is 0 Å². The smallest absolute Gasteiger partial charge is 0.161 e. The van der Waals surface area contributed by atoms with E-state index in [1.54, 1.807) is 7.11 Å². The van der Waals surface area contributed by atoms with Crippen LogP contribution < -0.4 is 9.47 Å². The summed E-state index contributed by atoms with van der Waals surface area (Å²) >= 11 is 0. The summed E-state index contributed by atoms with van der Waals surface area (Å²) in [4.78, 5) is 5.75. The highest BCUT2D eigenvalue weighted by Gasteiger charge is 2.27. The molecule has 4 nitrogen and oxygen atoms in total. The van der Waals surface area contributed by atoms with E-state index in [0.29, 0.717) is 12.6 Å². The second-order valence-corrected chi connectivity index (χ2v) is 7.22. The van der Waals surface area contributed by atoms with Crippen molar-refractivity contribution in [1.82, 2.24) is 9.88 Å². The Kier molecular flexibility index (Phi) is 5.29. The molecule has 1 aliphatic rings. The summed E-state index contributed by atoms with van der Waals surface area (Å²) in [6.45, 7) is 7.67. The van der Waals surface area contributed by atoms with Gasteiger partial charge in [0.05, 0.1) is 19.8 Å². The number of methoxy groups -OCH3 is 1. The normalized spacial score (nSPS) is 16.1. The first-order valence-corrected chi connectivity index (χ1v) is 10.0. The van der Waals surface area contributed by atoms with E-state index in [-0.39, 0.29) is 0 Å². The molecule has 3 aromatic rings. The van der Waals surface area contributed by atoms with E-state index in [9.17, 15) is 0 Å². The van der Waals surface area contributed by atoms with Crippen LogP contribution in [0.5, 0.6) is 11.5 Å². The third kappa shape index (κ3) is 3.35.